The second-order valence-corrected chi connectivity index (χ2v) is 5.83. The first-order chi connectivity index (χ1) is 12.3. The molecule has 0 spiro atoms. The fourth-order valence-corrected chi connectivity index (χ4v) is 2.55. The van der Waals surface area contributed by atoms with Gasteiger partial charge in [0, 0.05) is 5.02 Å². The highest BCUT2D eigenvalue weighted by atomic mass is 35.5. The van der Waals surface area contributed by atoms with E-state index in [4.69, 9.17) is 16.3 Å². The first-order valence-electron chi connectivity index (χ1n) is 8.14. The van der Waals surface area contributed by atoms with Crippen molar-refractivity contribution in [2.24, 2.45) is 4.99 Å². The average molecular weight is 348 g/mol. The van der Waals surface area contributed by atoms with Crippen LogP contribution in [0.1, 0.15) is 18.1 Å². The van der Waals surface area contributed by atoms with Gasteiger partial charge in [-0.05, 0) is 72.5 Å². The zero-order valence-corrected chi connectivity index (χ0v) is 14.7. The van der Waals surface area contributed by atoms with E-state index in [1.54, 1.807) is 0 Å². The lowest BCUT2D eigenvalue weighted by molar-refractivity contribution is 0.340. The number of aliphatic imine (C=N–C) groups is 1. The van der Waals surface area contributed by atoms with E-state index in [1.165, 1.54) is 0 Å². The largest absolute Gasteiger partial charge is 0.494 e. The predicted octanol–water partition coefficient (Wildman–Crippen LogP) is 6.17. The number of ether oxygens (including phenoxy) is 1. The maximum atomic E-state index is 5.93. The molecule has 0 amide bonds. The van der Waals surface area contributed by atoms with E-state index in [9.17, 15) is 0 Å². The summed E-state index contributed by atoms with van der Waals surface area (Å²) in [5, 5.41) is 0.692. The van der Waals surface area contributed by atoms with Gasteiger partial charge in [0.1, 0.15) is 5.75 Å². The van der Waals surface area contributed by atoms with Crippen LogP contribution in [0.4, 0.5) is 5.69 Å². The topological polar surface area (TPSA) is 21.6 Å². The quantitative estimate of drug-likeness (QED) is 0.505. The lowest BCUT2D eigenvalue weighted by Crippen LogP contribution is -1.92. The van der Waals surface area contributed by atoms with E-state index in [-0.39, 0.29) is 0 Å². The average Bonchev–Trinajstić information content (AvgIpc) is 2.66. The lowest BCUT2D eigenvalue weighted by atomic mass is 9.99. The molecule has 0 unspecified atom stereocenters. The van der Waals surface area contributed by atoms with Gasteiger partial charge in [0.2, 0.25) is 0 Å². The molecule has 2 nitrogen and oxygen atoms in total. The molecular formula is C22H18ClNO. The van der Waals surface area contributed by atoms with E-state index in [1.807, 2.05) is 73.7 Å². The van der Waals surface area contributed by atoms with Crippen molar-refractivity contribution in [1.29, 1.82) is 0 Å². The van der Waals surface area contributed by atoms with Crippen molar-refractivity contribution in [2.45, 2.75) is 6.92 Å². The fraction of sp³-hybridized carbons (Fsp3) is 0.0909. The fourth-order valence-electron chi connectivity index (χ4n) is 2.42. The first-order valence-corrected chi connectivity index (χ1v) is 8.52. The number of halogens is 1. The number of nitrogens with zero attached hydrogens (tertiary/aromatic N) is 1. The van der Waals surface area contributed by atoms with Gasteiger partial charge in [-0.3, -0.25) is 0 Å². The van der Waals surface area contributed by atoms with E-state index >= 15 is 0 Å². The normalized spacial score (nSPS) is 10.0. The maximum Gasteiger partial charge on any atom is 0.119 e. The Labute approximate surface area is 153 Å². The van der Waals surface area contributed by atoms with Crippen molar-refractivity contribution in [1.82, 2.24) is 0 Å². The molecule has 0 aliphatic carbocycles. The standard InChI is InChI=1S/C22H18ClNO/c1-2-25-21-14-8-18(9-15-21)22(17-6-4-3-5-7-17)16-24-20-12-10-19(23)11-13-20/h3-15H,2H2,1H3. The molecule has 0 N–H and O–H groups in total. The van der Waals surface area contributed by atoms with Crippen molar-refractivity contribution in [3.8, 4) is 5.75 Å². The molecule has 0 radical (unpaired) electrons. The summed E-state index contributed by atoms with van der Waals surface area (Å²) in [5.41, 5.74) is 3.83. The van der Waals surface area contributed by atoms with Crippen LogP contribution in [0.25, 0.3) is 5.57 Å². The Hall–Kier alpha value is -2.80. The Balaban J connectivity index is 2.03. The highest BCUT2D eigenvalue weighted by molar-refractivity contribution is 6.30. The van der Waals surface area contributed by atoms with Gasteiger partial charge in [-0.1, -0.05) is 41.9 Å². The summed E-state index contributed by atoms with van der Waals surface area (Å²) < 4.78 is 5.52. The van der Waals surface area contributed by atoms with E-state index in [0.29, 0.717) is 11.6 Å². The highest BCUT2D eigenvalue weighted by Gasteiger charge is 2.05. The van der Waals surface area contributed by atoms with Crippen molar-refractivity contribution in [3.05, 3.63) is 95.0 Å². The van der Waals surface area contributed by atoms with E-state index < -0.39 is 0 Å². The minimum atomic E-state index is 0.652. The third-order valence-corrected chi connectivity index (χ3v) is 3.89. The van der Waals surface area contributed by atoms with Gasteiger partial charge < -0.3 is 4.74 Å². The molecule has 25 heavy (non-hydrogen) atoms. The van der Waals surface area contributed by atoms with Crippen LogP contribution in [0.15, 0.2) is 83.9 Å². The minimum absolute atomic E-state index is 0.652. The van der Waals surface area contributed by atoms with Gasteiger partial charge >= 0.3 is 0 Å². The molecule has 124 valence electrons. The molecule has 0 aromatic heterocycles. The van der Waals surface area contributed by atoms with Gasteiger partial charge in [0.05, 0.1) is 17.9 Å². The summed E-state index contributed by atoms with van der Waals surface area (Å²) in [4.78, 5) is 4.48. The summed E-state index contributed by atoms with van der Waals surface area (Å²) in [6, 6.07) is 25.5. The molecule has 0 saturated carbocycles. The summed E-state index contributed by atoms with van der Waals surface area (Å²) in [5.74, 6) is 4.05. The molecule has 0 fully saturated rings. The maximum absolute atomic E-state index is 5.93. The molecule has 3 aromatic rings. The Kier molecular flexibility index (Phi) is 5.69. The molecule has 0 aliphatic heterocycles. The molecule has 0 atom stereocenters. The van der Waals surface area contributed by atoms with Crippen LogP contribution >= 0.6 is 11.6 Å². The number of rotatable bonds is 5. The minimum Gasteiger partial charge on any atom is -0.494 e. The van der Waals surface area contributed by atoms with Crippen LogP contribution in [-0.2, 0) is 0 Å². The third-order valence-electron chi connectivity index (χ3n) is 3.64. The van der Waals surface area contributed by atoms with Crippen LogP contribution in [0.2, 0.25) is 5.02 Å². The number of hydrogen-bond acceptors (Lipinski definition) is 2. The molecule has 0 bridgehead atoms. The summed E-state index contributed by atoms with van der Waals surface area (Å²) in [7, 11) is 0. The van der Waals surface area contributed by atoms with Gasteiger partial charge in [-0.15, -0.1) is 0 Å². The van der Waals surface area contributed by atoms with Crippen molar-refractivity contribution >= 4 is 28.7 Å². The zero-order valence-electron chi connectivity index (χ0n) is 13.9. The molecular weight excluding hydrogens is 330 g/mol. The first kappa shape index (κ1) is 17.0. The van der Waals surface area contributed by atoms with Gasteiger partial charge in [0.15, 0.2) is 0 Å². The second kappa shape index (κ2) is 8.34. The monoisotopic (exact) mass is 347 g/mol. The Morgan fingerprint density at radius 2 is 1.52 bits per heavy atom. The third kappa shape index (κ3) is 4.60. The molecule has 0 heterocycles. The summed E-state index contributed by atoms with van der Waals surface area (Å²) in [6.45, 7) is 2.63. The van der Waals surface area contributed by atoms with E-state index in [0.717, 1.165) is 28.1 Å². The van der Waals surface area contributed by atoms with Gasteiger partial charge in [0.25, 0.3) is 0 Å². The van der Waals surface area contributed by atoms with Crippen LogP contribution in [0, 0.1) is 0 Å². The molecule has 0 saturated heterocycles. The van der Waals surface area contributed by atoms with Crippen LogP contribution < -0.4 is 4.74 Å². The molecule has 3 heteroatoms. The van der Waals surface area contributed by atoms with Crippen LogP contribution in [0.3, 0.4) is 0 Å². The SMILES string of the molecule is CCOc1ccc(C(=C=Nc2ccc(Cl)cc2)c2ccccc2)cc1. The van der Waals surface area contributed by atoms with Gasteiger partial charge in [-0.2, -0.15) is 0 Å². The molecule has 0 aliphatic rings. The van der Waals surface area contributed by atoms with Gasteiger partial charge in [-0.25, -0.2) is 4.99 Å². The number of benzene rings is 3. The lowest BCUT2D eigenvalue weighted by Gasteiger charge is -2.07. The summed E-state index contributed by atoms with van der Waals surface area (Å²) in [6.07, 6.45) is 0. The second-order valence-electron chi connectivity index (χ2n) is 5.40. The Morgan fingerprint density at radius 3 is 2.16 bits per heavy atom. The smallest absolute Gasteiger partial charge is 0.119 e. The van der Waals surface area contributed by atoms with Crippen LogP contribution in [0.5, 0.6) is 5.75 Å². The molecule has 3 aromatic carbocycles. The van der Waals surface area contributed by atoms with Crippen LogP contribution in [-0.4, -0.2) is 12.5 Å². The van der Waals surface area contributed by atoms with Crippen molar-refractivity contribution in [3.63, 3.8) is 0 Å². The zero-order chi connectivity index (χ0) is 17.5. The predicted molar refractivity (Wildman–Crippen MR) is 105 cm³/mol. The number of hydrogen-bond donors (Lipinski definition) is 0. The Bertz CT molecular complexity index is 878. The Morgan fingerprint density at radius 1 is 0.880 bits per heavy atom. The van der Waals surface area contributed by atoms with Crippen molar-refractivity contribution in [2.75, 3.05) is 6.61 Å². The highest BCUT2D eigenvalue weighted by Crippen LogP contribution is 2.24. The summed E-state index contributed by atoms with van der Waals surface area (Å²) >= 11 is 5.93. The van der Waals surface area contributed by atoms with Crippen molar-refractivity contribution < 1.29 is 4.74 Å². The molecule has 3 rings (SSSR count). The van der Waals surface area contributed by atoms with E-state index in [2.05, 4.69) is 23.0 Å².